The van der Waals surface area contributed by atoms with Crippen LogP contribution in [0, 0.1) is 0 Å². The van der Waals surface area contributed by atoms with Crippen LogP contribution in [0.2, 0.25) is 10.0 Å². The summed E-state index contributed by atoms with van der Waals surface area (Å²) in [5.41, 5.74) is 1.99. The fourth-order valence-corrected chi connectivity index (χ4v) is 3.36. The van der Waals surface area contributed by atoms with Gasteiger partial charge in [0.2, 0.25) is 0 Å². The van der Waals surface area contributed by atoms with Gasteiger partial charge in [-0.2, -0.15) is 5.10 Å². The number of carbonyl (C=O) groups excluding carboxylic acids is 1. The van der Waals surface area contributed by atoms with Crippen LogP contribution in [0.1, 0.15) is 21.5 Å². The Kier molecular flexibility index (Phi) is 7.40. The minimum absolute atomic E-state index is 0.235. The molecular weight excluding hydrogens is 461 g/mol. The van der Waals surface area contributed by atoms with E-state index in [4.69, 9.17) is 32.7 Å². The summed E-state index contributed by atoms with van der Waals surface area (Å²) in [5, 5.41) is 11.6. The van der Waals surface area contributed by atoms with Gasteiger partial charge in [-0.3, -0.25) is 4.79 Å². The maximum absolute atomic E-state index is 12.8. The van der Waals surface area contributed by atoms with E-state index in [-0.39, 0.29) is 19.1 Å². The third-order valence-corrected chi connectivity index (χ3v) is 5.40. The van der Waals surface area contributed by atoms with Crippen molar-refractivity contribution in [2.24, 2.45) is 0 Å². The van der Waals surface area contributed by atoms with Gasteiger partial charge in [-0.1, -0.05) is 59.6 Å². The van der Waals surface area contributed by atoms with Crippen LogP contribution in [0.5, 0.6) is 11.5 Å². The van der Waals surface area contributed by atoms with Gasteiger partial charge in [-0.05, 0) is 36.4 Å². The molecule has 33 heavy (non-hydrogen) atoms. The summed E-state index contributed by atoms with van der Waals surface area (Å²) in [6.45, 7) is 0.470. The number of carbonyl (C=O) groups is 1. The quantitative estimate of drug-likeness (QED) is 0.325. The SMILES string of the molecule is O=C(Nc1cccnn1)c1cc(OCc2ccccc2Cl)cc(OCc2ccccc2Cl)c1. The van der Waals surface area contributed by atoms with Crippen LogP contribution in [0.15, 0.2) is 85.1 Å². The molecule has 3 aromatic carbocycles. The van der Waals surface area contributed by atoms with Crippen molar-refractivity contribution in [1.29, 1.82) is 0 Å². The third-order valence-electron chi connectivity index (χ3n) is 4.66. The molecule has 1 heterocycles. The molecule has 4 aromatic rings. The smallest absolute Gasteiger partial charge is 0.257 e. The number of ether oxygens (including phenoxy) is 2. The van der Waals surface area contributed by atoms with Crippen LogP contribution in [0.3, 0.4) is 0 Å². The molecule has 8 heteroatoms. The van der Waals surface area contributed by atoms with Crippen molar-refractivity contribution in [3.63, 3.8) is 0 Å². The standard InChI is InChI=1S/C25H19Cl2N3O3/c26-22-8-3-1-6-17(22)15-32-20-12-19(25(31)29-24-10-5-11-28-30-24)13-21(14-20)33-16-18-7-2-4-9-23(18)27/h1-14H,15-16H2,(H,29,30,31). The summed E-state index contributed by atoms with van der Waals surface area (Å²) in [4.78, 5) is 12.8. The Morgan fingerprint density at radius 3 is 1.88 bits per heavy atom. The van der Waals surface area contributed by atoms with E-state index in [1.54, 1.807) is 42.5 Å². The molecule has 0 fully saturated rings. The first-order valence-corrected chi connectivity index (χ1v) is 10.8. The fraction of sp³-hybridized carbons (Fsp3) is 0.0800. The van der Waals surface area contributed by atoms with E-state index in [2.05, 4.69) is 15.5 Å². The highest BCUT2D eigenvalue weighted by atomic mass is 35.5. The first-order valence-electron chi connectivity index (χ1n) is 10.0. The van der Waals surface area contributed by atoms with Gasteiger partial charge < -0.3 is 14.8 Å². The van der Waals surface area contributed by atoms with E-state index in [0.29, 0.717) is 32.9 Å². The molecule has 166 valence electrons. The molecule has 4 rings (SSSR count). The molecule has 0 aliphatic rings. The van der Waals surface area contributed by atoms with Crippen molar-refractivity contribution in [2.45, 2.75) is 13.2 Å². The van der Waals surface area contributed by atoms with Crippen molar-refractivity contribution in [2.75, 3.05) is 5.32 Å². The zero-order valence-corrected chi connectivity index (χ0v) is 18.9. The van der Waals surface area contributed by atoms with Crippen molar-refractivity contribution in [3.8, 4) is 11.5 Å². The Bertz CT molecular complexity index is 1180. The Labute approximate surface area is 201 Å². The van der Waals surface area contributed by atoms with E-state index in [1.165, 1.54) is 6.20 Å². The summed E-state index contributed by atoms with van der Waals surface area (Å²) in [5.74, 6) is 0.872. The predicted octanol–water partition coefficient (Wildman–Crippen LogP) is 6.19. The Hall–Kier alpha value is -3.61. The average molecular weight is 480 g/mol. The number of halogens is 2. The zero-order chi connectivity index (χ0) is 23.0. The number of hydrogen-bond acceptors (Lipinski definition) is 5. The maximum atomic E-state index is 12.8. The molecule has 0 bridgehead atoms. The lowest BCUT2D eigenvalue weighted by Gasteiger charge is -2.13. The largest absolute Gasteiger partial charge is 0.489 e. The highest BCUT2D eigenvalue weighted by molar-refractivity contribution is 6.31. The van der Waals surface area contributed by atoms with Crippen LogP contribution in [0.25, 0.3) is 0 Å². The van der Waals surface area contributed by atoms with Gasteiger partial charge in [-0.25, -0.2) is 0 Å². The molecule has 1 amide bonds. The van der Waals surface area contributed by atoms with Crippen LogP contribution in [0.4, 0.5) is 5.82 Å². The lowest BCUT2D eigenvalue weighted by atomic mass is 10.1. The number of nitrogens with one attached hydrogen (secondary N) is 1. The minimum Gasteiger partial charge on any atom is -0.489 e. The molecular formula is C25H19Cl2N3O3. The Morgan fingerprint density at radius 1 is 0.788 bits per heavy atom. The number of benzene rings is 3. The van der Waals surface area contributed by atoms with Gasteiger partial charge in [0.25, 0.3) is 5.91 Å². The molecule has 0 radical (unpaired) electrons. The summed E-state index contributed by atoms with van der Waals surface area (Å²) in [7, 11) is 0. The Balaban J connectivity index is 1.56. The van der Waals surface area contributed by atoms with E-state index < -0.39 is 0 Å². The predicted molar refractivity (Wildman–Crippen MR) is 128 cm³/mol. The molecule has 0 spiro atoms. The molecule has 6 nitrogen and oxygen atoms in total. The first-order chi connectivity index (χ1) is 16.1. The maximum Gasteiger partial charge on any atom is 0.257 e. The van der Waals surface area contributed by atoms with E-state index >= 15 is 0 Å². The lowest BCUT2D eigenvalue weighted by Crippen LogP contribution is -2.13. The summed E-state index contributed by atoms with van der Waals surface area (Å²) >= 11 is 12.5. The minimum atomic E-state index is -0.374. The molecule has 0 saturated carbocycles. The normalized spacial score (nSPS) is 10.5. The summed E-state index contributed by atoms with van der Waals surface area (Å²) in [6, 6.07) is 23.1. The van der Waals surface area contributed by atoms with Gasteiger partial charge in [0.15, 0.2) is 5.82 Å². The van der Waals surface area contributed by atoms with Gasteiger partial charge in [0.05, 0.1) is 0 Å². The lowest BCUT2D eigenvalue weighted by molar-refractivity contribution is 0.102. The monoisotopic (exact) mass is 479 g/mol. The van der Waals surface area contributed by atoms with Crippen molar-refractivity contribution < 1.29 is 14.3 Å². The number of hydrogen-bond donors (Lipinski definition) is 1. The van der Waals surface area contributed by atoms with Gasteiger partial charge >= 0.3 is 0 Å². The second-order valence-corrected chi connectivity index (χ2v) is 7.83. The van der Waals surface area contributed by atoms with E-state index in [0.717, 1.165) is 11.1 Å². The molecule has 0 unspecified atom stereocenters. The second-order valence-electron chi connectivity index (χ2n) is 7.02. The highest BCUT2D eigenvalue weighted by Crippen LogP contribution is 2.27. The number of anilines is 1. The van der Waals surface area contributed by atoms with E-state index in [9.17, 15) is 4.79 Å². The number of rotatable bonds is 8. The van der Waals surface area contributed by atoms with Crippen molar-refractivity contribution in [3.05, 3.63) is 112 Å². The van der Waals surface area contributed by atoms with Crippen LogP contribution >= 0.6 is 23.2 Å². The molecule has 0 aliphatic carbocycles. The summed E-state index contributed by atoms with van der Waals surface area (Å²) in [6.07, 6.45) is 1.53. The first kappa shape index (κ1) is 22.6. The van der Waals surface area contributed by atoms with Crippen LogP contribution in [-0.4, -0.2) is 16.1 Å². The van der Waals surface area contributed by atoms with Gasteiger partial charge in [0, 0.05) is 39.0 Å². The van der Waals surface area contributed by atoms with Crippen LogP contribution in [-0.2, 0) is 13.2 Å². The second kappa shape index (κ2) is 10.8. The third kappa shape index (κ3) is 6.22. The number of amides is 1. The Morgan fingerprint density at radius 2 is 1.36 bits per heavy atom. The molecule has 1 aromatic heterocycles. The van der Waals surface area contributed by atoms with Gasteiger partial charge in [0.1, 0.15) is 24.7 Å². The molecule has 0 aliphatic heterocycles. The molecule has 1 N–H and O–H groups in total. The summed E-state index contributed by atoms with van der Waals surface area (Å²) < 4.78 is 11.9. The zero-order valence-electron chi connectivity index (χ0n) is 17.4. The molecule has 0 atom stereocenters. The van der Waals surface area contributed by atoms with E-state index in [1.807, 2.05) is 36.4 Å². The average Bonchev–Trinajstić information content (AvgIpc) is 2.83. The highest BCUT2D eigenvalue weighted by Gasteiger charge is 2.13. The number of aromatic nitrogens is 2. The van der Waals surface area contributed by atoms with Crippen LogP contribution < -0.4 is 14.8 Å². The molecule has 0 saturated heterocycles. The van der Waals surface area contributed by atoms with Gasteiger partial charge in [-0.15, -0.1) is 5.10 Å². The number of nitrogens with zero attached hydrogens (tertiary/aromatic N) is 2. The van der Waals surface area contributed by atoms with Crippen molar-refractivity contribution >= 4 is 34.9 Å². The topological polar surface area (TPSA) is 73.3 Å². The fourth-order valence-electron chi connectivity index (χ4n) is 2.98. The van der Waals surface area contributed by atoms with Crippen molar-refractivity contribution in [1.82, 2.24) is 10.2 Å².